The Balaban J connectivity index is 1.34. The van der Waals surface area contributed by atoms with Gasteiger partial charge in [0, 0.05) is 29.3 Å². The number of hydrogen-bond donors (Lipinski definition) is 0. The van der Waals surface area contributed by atoms with Crippen molar-refractivity contribution in [1.29, 1.82) is 0 Å². The molecule has 0 spiro atoms. The standard InChI is InChI=1S/C25H21Cl2F2N3O2/c1-30-16-7-9-17(10-8-16)32-12-11-21(25(28,29)14-32)33-13-18-23(31-34-24(18)15-5-6-15)22-19(26)3-2-4-20(22)27/h2-4,7-10,15,21H,5-6,11-14H2. The van der Waals surface area contributed by atoms with Gasteiger partial charge >= 0.3 is 0 Å². The minimum Gasteiger partial charge on any atom is -0.367 e. The molecule has 5 rings (SSSR count). The van der Waals surface area contributed by atoms with Crippen molar-refractivity contribution in [2.24, 2.45) is 0 Å². The van der Waals surface area contributed by atoms with E-state index in [4.69, 9.17) is 39.0 Å². The molecule has 0 bridgehead atoms. The second-order valence-corrected chi connectivity index (χ2v) is 9.46. The Morgan fingerprint density at radius 2 is 1.82 bits per heavy atom. The van der Waals surface area contributed by atoms with E-state index in [-0.39, 0.29) is 18.9 Å². The highest BCUT2D eigenvalue weighted by Gasteiger charge is 2.46. The van der Waals surface area contributed by atoms with Gasteiger partial charge in [0.1, 0.15) is 17.6 Å². The van der Waals surface area contributed by atoms with Crippen molar-refractivity contribution >= 4 is 34.6 Å². The molecule has 1 aromatic heterocycles. The predicted octanol–water partition coefficient (Wildman–Crippen LogP) is 7.51. The van der Waals surface area contributed by atoms with E-state index in [1.54, 1.807) is 47.4 Å². The van der Waals surface area contributed by atoms with Crippen LogP contribution in [0.3, 0.4) is 0 Å². The van der Waals surface area contributed by atoms with Gasteiger partial charge in [0.05, 0.1) is 29.8 Å². The molecular weight excluding hydrogens is 483 g/mol. The molecule has 5 nitrogen and oxygen atoms in total. The lowest BCUT2D eigenvalue weighted by Crippen LogP contribution is -2.52. The Kier molecular flexibility index (Phi) is 6.24. The Morgan fingerprint density at radius 1 is 1.12 bits per heavy atom. The van der Waals surface area contributed by atoms with E-state index < -0.39 is 18.6 Å². The summed E-state index contributed by atoms with van der Waals surface area (Å²) in [4.78, 5) is 4.97. The van der Waals surface area contributed by atoms with Crippen molar-refractivity contribution in [1.82, 2.24) is 5.16 Å². The molecule has 1 unspecified atom stereocenters. The maximum atomic E-state index is 15.1. The maximum Gasteiger partial charge on any atom is 0.290 e. The van der Waals surface area contributed by atoms with Crippen LogP contribution in [0.4, 0.5) is 20.2 Å². The zero-order valence-electron chi connectivity index (χ0n) is 18.1. The third kappa shape index (κ3) is 4.50. The number of hydrogen-bond acceptors (Lipinski definition) is 4. The minimum atomic E-state index is -3.06. The molecule has 2 heterocycles. The third-order valence-electron chi connectivity index (χ3n) is 6.27. The molecule has 2 fully saturated rings. The minimum absolute atomic E-state index is 0.0633. The smallest absolute Gasteiger partial charge is 0.290 e. The number of aromatic nitrogens is 1. The lowest BCUT2D eigenvalue weighted by atomic mass is 10.0. The number of nitrogens with zero attached hydrogens (tertiary/aromatic N) is 3. The highest BCUT2D eigenvalue weighted by Crippen LogP contribution is 2.46. The second-order valence-electron chi connectivity index (χ2n) is 8.64. The van der Waals surface area contributed by atoms with Crippen molar-refractivity contribution in [2.75, 3.05) is 18.0 Å². The van der Waals surface area contributed by atoms with Gasteiger partial charge in [-0.05, 0) is 43.5 Å². The summed E-state index contributed by atoms with van der Waals surface area (Å²) in [7, 11) is 0. The summed E-state index contributed by atoms with van der Waals surface area (Å²) in [6.45, 7) is 6.93. The number of halogens is 4. The first-order chi connectivity index (χ1) is 16.4. The summed E-state index contributed by atoms with van der Waals surface area (Å²) in [5.74, 6) is -2.19. The monoisotopic (exact) mass is 503 g/mol. The first kappa shape index (κ1) is 23.1. The zero-order chi connectivity index (χ0) is 23.9. The van der Waals surface area contributed by atoms with Crippen molar-refractivity contribution in [3.8, 4) is 11.3 Å². The Bertz CT molecular complexity index is 1220. The molecule has 1 aliphatic carbocycles. The molecule has 2 aromatic carbocycles. The van der Waals surface area contributed by atoms with Gasteiger partial charge in [-0.25, -0.2) is 13.6 Å². The molecule has 34 heavy (non-hydrogen) atoms. The average molecular weight is 504 g/mol. The van der Waals surface area contributed by atoms with E-state index in [2.05, 4.69) is 10.0 Å². The molecule has 1 saturated carbocycles. The van der Waals surface area contributed by atoms with Crippen molar-refractivity contribution in [3.63, 3.8) is 0 Å². The summed E-state index contributed by atoms with van der Waals surface area (Å²) in [6, 6.07) is 11.8. The lowest BCUT2D eigenvalue weighted by Gasteiger charge is -2.39. The summed E-state index contributed by atoms with van der Waals surface area (Å²) < 4.78 is 41.6. The highest BCUT2D eigenvalue weighted by molar-refractivity contribution is 6.39. The number of piperidine rings is 1. The summed E-state index contributed by atoms with van der Waals surface area (Å²) in [5, 5.41) is 5.01. The molecule has 0 N–H and O–H groups in total. The Hall–Kier alpha value is -2.66. The van der Waals surface area contributed by atoms with E-state index >= 15 is 8.78 Å². The molecule has 9 heteroatoms. The summed E-state index contributed by atoms with van der Waals surface area (Å²) >= 11 is 12.8. The van der Waals surface area contributed by atoms with Crippen LogP contribution in [0, 0.1) is 6.57 Å². The van der Waals surface area contributed by atoms with Gasteiger partial charge in [0.2, 0.25) is 0 Å². The van der Waals surface area contributed by atoms with E-state index in [0.29, 0.717) is 50.5 Å². The molecule has 0 amide bonds. The van der Waals surface area contributed by atoms with Gasteiger partial charge in [-0.1, -0.05) is 46.6 Å². The van der Waals surface area contributed by atoms with Crippen LogP contribution in [0.2, 0.25) is 10.0 Å². The number of benzene rings is 2. The molecule has 1 atom stereocenters. The predicted molar refractivity (Wildman–Crippen MR) is 127 cm³/mol. The maximum absolute atomic E-state index is 15.1. The summed E-state index contributed by atoms with van der Waals surface area (Å²) in [6.07, 6.45) is 0.823. The Morgan fingerprint density at radius 3 is 2.44 bits per heavy atom. The molecule has 2 aliphatic rings. The van der Waals surface area contributed by atoms with Gasteiger partial charge in [-0.2, -0.15) is 0 Å². The second kappa shape index (κ2) is 9.18. The first-order valence-electron chi connectivity index (χ1n) is 11.0. The SMILES string of the molecule is [C-]#[N+]c1ccc(N2CCC(OCc3c(-c4c(Cl)cccc4Cl)noc3C3CC3)C(F)(F)C2)cc1. The van der Waals surface area contributed by atoms with Crippen LogP contribution in [0.1, 0.15) is 36.5 Å². The fraction of sp³-hybridized carbons (Fsp3) is 0.360. The number of rotatable bonds is 6. The van der Waals surface area contributed by atoms with Crippen LogP contribution in [0.5, 0.6) is 0 Å². The van der Waals surface area contributed by atoms with E-state index in [0.717, 1.165) is 12.8 Å². The van der Waals surface area contributed by atoms with E-state index in [1.165, 1.54) is 0 Å². The van der Waals surface area contributed by atoms with Crippen LogP contribution in [-0.2, 0) is 11.3 Å². The molecule has 3 aromatic rings. The van der Waals surface area contributed by atoms with Gasteiger partial charge in [-0.15, -0.1) is 0 Å². The van der Waals surface area contributed by atoms with Crippen LogP contribution in [-0.4, -0.2) is 30.3 Å². The molecular formula is C25H21Cl2F2N3O2. The van der Waals surface area contributed by atoms with E-state index in [9.17, 15) is 0 Å². The first-order valence-corrected chi connectivity index (χ1v) is 11.8. The average Bonchev–Trinajstić information content (AvgIpc) is 3.58. The topological polar surface area (TPSA) is 42.9 Å². The zero-order valence-corrected chi connectivity index (χ0v) is 19.6. The molecule has 176 valence electrons. The van der Waals surface area contributed by atoms with Crippen molar-refractivity contribution < 1.29 is 18.0 Å². The largest absolute Gasteiger partial charge is 0.367 e. The molecule has 1 aliphatic heterocycles. The molecule has 0 radical (unpaired) electrons. The van der Waals surface area contributed by atoms with Crippen molar-refractivity contribution in [2.45, 2.75) is 43.8 Å². The quantitative estimate of drug-likeness (QED) is 0.326. The summed E-state index contributed by atoms with van der Waals surface area (Å²) in [5.41, 5.74) is 2.73. The third-order valence-corrected chi connectivity index (χ3v) is 6.90. The van der Waals surface area contributed by atoms with Gasteiger partial charge < -0.3 is 14.2 Å². The number of alkyl halides is 2. The molecule has 1 saturated heterocycles. The van der Waals surface area contributed by atoms with Crippen molar-refractivity contribution in [3.05, 3.63) is 75.3 Å². The van der Waals surface area contributed by atoms with Gasteiger partial charge in [0.15, 0.2) is 5.69 Å². The highest BCUT2D eigenvalue weighted by atomic mass is 35.5. The van der Waals surface area contributed by atoms with E-state index in [1.807, 2.05) is 0 Å². The normalized spacial score (nSPS) is 19.7. The van der Waals surface area contributed by atoms with Crippen LogP contribution >= 0.6 is 23.2 Å². The fourth-order valence-electron chi connectivity index (χ4n) is 4.32. The van der Waals surface area contributed by atoms with Crippen LogP contribution in [0.25, 0.3) is 16.1 Å². The van der Waals surface area contributed by atoms with Crippen LogP contribution < -0.4 is 4.90 Å². The Labute approximate surface area is 206 Å². The number of ether oxygens (including phenoxy) is 1. The van der Waals surface area contributed by atoms with Gasteiger partial charge in [0.25, 0.3) is 5.92 Å². The fourth-order valence-corrected chi connectivity index (χ4v) is 4.89. The van der Waals surface area contributed by atoms with Gasteiger partial charge in [-0.3, -0.25) is 0 Å². The lowest BCUT2D eigenvalue weighted by molar-refractivity contribution is -0.148. The van der Waals surface area contributed by atoms with Crippen LogP contribution in [0.15, 0.2) is 47.0 Å². The number of anilines is 1.